The van der Waals surface area contributed by atoms with Crippen LogP contribution in [0.4, 0.5) is 13.2 Å². The Morgan fingerprint density at radius 2 is 1.94 bits per heavy atom. The van der Waals surface area contributed by atoms with Gasteiger partial charge in [-0.25, -0.2) is 0 Å². The van der Waals surface area contributed by atoms with Crippen LogP contribution in [-0.2, 0) is 13.0 Å². The number of alkyl halides is 3. The molecule has 0 fully saturated rings. The topological polar surface area (TPSA) is 30.9 Å². The number of aryl methyl sites for hydroxylation is 1. The highest BCUT2D eigenvalue weighted by Gasteiger charge is 2.26. The van der Waals surface area contributed by atoms with E-state index in [9.17, 15) is 13.2 Å². The molecule has 0 aliphatic rings. The smallest absolute Gasteiger partial charge is 0.347 e. The maximum Gasteiger partial charge on any atom is 0.390 e. The van der Waals surface area contributed by atoms with Crippen molar-refractivity contribution in [3.63, 3.8) is 0 Å². The summed E-state index contributed by atoms with van der Waals surface area (Å²) in [5.41, 5.74) is 7.42. The molecule has 0 aliphatic heterocycles. The molecule has 0 amide bonds. The Morgan fingerprint density at radius 3 is 2.61 bits per heavy atom. The molecule has 1 heterocycles. The van der Waals surface area contributed by atoms with Crippen molar-refractivity contribution < 1.29 is 13.2 Å². The average Bonchev–Trinajstić information content (AvgIpc) is 2.68. The molecule has 1 aromatic heterocycles. The molecule has 2 aromatic rings. The number of benzene rings is 1. The summed E-state index contributed by atoms with van der Waals surface area (Å²) in [6.45, 7) is 0.531. The van der Waals surface area contributed by atoms with Crippen LogP contribution >= 0.6 is 0 Å². The third-order valence-electron chi connectivity index (χ3n) is 2.90. The van der Waals surface area contributed by atoms with Gasteiger partial charge in [0.15, 0.2) is 0 Å². The van der Waals surface area contributed by atoms with Crippen LogP contribution in [0.5, 0.6) is 0 Å². The van der Waals surface area contributed by atoms with Gasteiger partial charge in [0.2, 0.25) is 0 Å². The SMILES string of the molecule is NCCc1ccc2c(ccn2CCC(F)(F)F)c1. The molecule has 5 heteroatoms. The number of fused-ring (bicyclic) bond motifs is 1. The predicted molar refractivity (Wildman–Crippen MR) is 65.4 cm³/mol. The van der Waals surface area contributed by atoms with E-state index in [1.807, 2.05) is 24.3 Å². The number of halogens is 3. The van der Waals surface area contributed by atoms with Gasteiger partial charge < -0.3 is 10.3 Å². The van der Waals surface area contributed by atoms with E-state index in [2.05, 4.69) is 0 Å². The second-order valence-electron chi connectivity index (χ2n) is 4.31. The van der Waals surface area contributed by atoms with Crippen molar-refractivity contribution in [1.82, 2.24) is 4.57 Å². The van der Waals surface area contributed by atoms with E-state index >= 15 is 0 Å². The zero-order chi connectivity index (χ0) is 13.2. The Balaban J connectivity index is 2.20. The molecule has 0 atom stereocenters. The third kappa shape index (κ3) is 3.04. The number of nitrogens with two attached hydrogens (primary N) is 1. The Hall–Kier alpha value is -1.49. The molecule has 2 rings (SSSR count). The summed E-state index contributed by atoms with van der Waals surface area (Å²) in [6.07, 6.45) is -2.44. The lowest BCUT2D eigenvalue weighted by atomic mass is 10.1. The van der Waals surface area contributed by atoms with Gasteiger partial charge in [-0.1, -0.05) is 6.07 Å². The summed E-state index contributed by atoms with van der Waals surface area (Å²) in [4.78, 5) is 0. The van der Waals surface area contributed by atoms with Gasteiger partial charge in [0.05, 0.1) is 6.42 Å². The highest BCUT2D eigenvalue weighted by molar-refractivity contribution is 5.80. The minimum Gasteiger partial charge on any atom is -0.347 e. The summed E-state index contributed by atoms with van der Waals surface area (Å²) in [7, 11) is 0. The molecule has 0 unspecified atom stereocenters. The summed E-state index contributed by atoms with van der Waals surface area (Å²) >= 11 is 0. The maximum absolute atomic E-state index is 12.2. The maximum atomic E-state index is 12.2. The summed E-state index contributed by atoms with van der Waals surface area (Å²) in [6, 6.07) is 7.59. The summed E-state index contributed by atoms with van der Waals surface area (Å²) in [5, 5.41) is 0.961. The van der Waals surface area contributed by atoms with E-state index in [1.54, 1.807) is 10.8 Å². The first-order valence-electron chi connectivity index (χ1n) is 5.84. The quantitative estimate of drug-likeness (QED) is 0.895. The zero-order valence-electron chi connectivity index (χ0n) is 9.87. The van der Waals surface area contributed by atoms with Crippen LogP contribution in [-0.4, -0.2) is 17.3 Å². The molecule has 2 N–H and O–H groups in total. The molecule has 0 aliphatic carbocycles. The van der Waals surface area contributed by atoms with Crippen LogP contribution in [0.2, 0.25) is 0 Å². The van der Waals surface area contributed by atoms with Gasteiger partial charge >= 0.3 is 6.18 Å². The van der Waals surface area contributed by atoms with E-state index in [-0.39, 0.29) is 6.54 Å². The Labute approximate surface area is 103 Å². The van der Waals surface area contributed by atoms with Crippen LogP contribution in [0, 0.1) is 0 Å². The second-order valence-corrected chi connectivity index (χ2v) is 4.31. The predicted octanol–water partition coefficient (Wildman–Crippen LogP) is 3.09. The molecule has 2 nitrogen and oxygen atoms in total. The number of hydrogen-bond acceptors (Lipinski definition) is 1. The van der Waals surface area contributed by atoms with Gasteiger partial charge in [0.25, 0.3) is 0 Å². The minimum atomic E-state index is -4.11. The monoisotopic (exact) mass is 256 g/mol. The fraction of sp³-hybridized carbons (Fsp3) is 0.385. The number of hydrogen-bond donors (Lipinski definition) is 1. The van der Waals surface area contributed by atoms with Crippen molar-refractivity contribution in [3.05, 3.63) is 36.0 Å². The fourth-order valence-corrected chi connectivity index (χ4v) is 2.01. The lowest BCUT2D eigenvalue weighted by Gasteiger charge is -2.08. The Bertz CT molecular complexity index is 529. The number of rotatable bonds is 4. The fourth-order valence-electron chi connectivity index (χ4n) is 2.01. The molecular weight excluding hydrogens is 241 g/mol. The van der Waals surface area contributed by atoms with E-state index in [0.717, 1.165) is 22.9 Å². The average molecular weight is 256 g/mol. The van der Waals surface area contributed by atoms with Gasteiger partial charge in [-0.2, -0.15) is 13.2 Å². The van der Waals surface area contributed by atoms with Crippen LogP contribution < -0.4 is 5.73 Å². The Kier molecular flexibility index (Phi) is 3.61. The van der Waals surface area contributed by atoms with Crippen molar-refractivity contribution in [1.29, 1.82) is 0 Å². The standard InChI is InChI=1S/C13H15F3N2/c14-13(15,16)5-8-18-7-4-11-9-10(3-6-17)1-2-12(11)18/h1-2,4,7,9H,3,5-6,8,17H2. The molecular formula is C13H15F3N2. The third-order valence-corrected chi connectivity index (χ3v) is 2.90. The van der Waals surface area contributed by atoms with Gasteiger partial charge in [-0.15, -0.1) is 0 Å². The largest absolute Gasteiger partial charge is 0.390 e. The first-order chi connectivity index (χ1) is 8.49. The Morgan fingerprint density at radius 1 is 1.17 bits per heavy atom. The highest BCUT2D eigenvalue weighted by atomic mass is 19.4. The molecule has 0 bridgehead atoms. The molecule has 0 saturated heterocycles. The molecule has 0 saturated carbocycles. The van der Waals surface area contributed by atoms with Gasteiger partial charge in [0.1, 0.15) is 0 Å². The molecule has 1 aromatic carbocycles. The first kappa shape index (κ1) is 13.0. The minimum absolute atomic E-state index is 0.0385. The highest BCUT2D eigenvalue weighted by Crippen LogP contribution is 2.23. The number of aromatic nitrogens is 1. The molecule has 98 valence electrons. The van der Waals surface area contributed by atoms with Gasteiger partial charge in [-0.05, 0) is 42.1 Å². The lowest BCUT2D eigenvalue weighted by molar-refractivity contribution is -0.136. The zero-order valence-corrected chi connectivity index (χ0v) is 9.87. The van der Waals surface area contributed by atoms with Gasteiger partial charge in [0, 0.05) is 18.3 Å². The van der Waals surface area contributed by atoms with Crippen molar-refractivity contribution in [2.24, 2.45) is 5.73 Å². The molecule has 18 heavy (non-hydrogen) atoms. The van der Waals surface area contributed by atoms with E-state index in [0.29, 0.717) is 6.54 Å². The van der Waals surface area contributed by atoms with E-state index in [4.69, 9.17) is 5.73 Å². The second kappa shape index (κ2) is 5.02. The van der Waals surface area contributed by atoms with E-state index in [1.165, 1.54) is 0 Å². The van der Waals surface area contributed by atoms with Crippen molar-refractivity contribution >= 4 is 10.9 Å². The molecule has 0 spiro atoms. The normalized spacial score (nSPS) is 12.2. The van der Waals surface area contributed by atoms with Crippen LogP contribution in [0.25, 0.3) is 10.9 Å². The number of nitrogens with zero attached hydrogens (tertiary/aromatic N) is 1. The summed E-state index contributed by atoms with van der Waals surface area (Å²) in [5.74, 6) is 0. The van der Waals surface area contributed by atoms with Crippen molar-refractivity contribution in [3.8, 4) is 0 Å². The molecule has 0 radical (unpaired) electrons. The van der Waals surface area contributed by atoms with Crippen LogP contribution in [0.1, 0.15) is 12.0 Å². The van der Waals surface area contributed by atoms with Crippen LogP contribution in [0.15, 0.2) is 30.5 Å². The summed E-state index contributed by atoms with van der Waals surface area (Å²) < 4.78 is 38.2. The van der Waals surface area contributed by atoms with E-state index < -0.39 is 12.6 Å². The van der Waals surface area contributed by atoms with Crippen molar-refractivity contribution in [2.75, 3.05) is 6.54 Å². The van der Waals surface area contributed by atoms with Crippen molar-refractivity contribution in [2.45, 2.75) is 25.6 Å². The lowest BCUT2D eigenvalue weighted by Crippen LogP contribution is -2.11. The first-order valence-corrected chi connectivity index (χ1v) is 5.84. The van der Waals surface area contributed by atoms with Crippen LogP contribution in [0.3, 0.4) is 0 Å². The van der Waals surface area contributed by atoms with Gasteiger partial charge in [-0.3, -0.25) is 0 Å².